The molecule has 0 amide bonds. The third kappa shape index (κ3) is 2.89. The van der Waals surface area contributed by atoms with Gasteiger partial charge in [0.25, 0.3) is 0 Å². The summed E-state index contributed by atoms with van der Waals surface area (Å²) in [5, 5.41) is 2.27. The van der Waals surface area contributed by atoms with Crippen LogP contribution in [0.3, 0.4) is 0 Å². The quantitative estimate of drug-likeness (QED) is 0.868. The Kier molecular flexibility index (Phi) is 3.76. The molecule has 0 saturated carbocycles. The summed E-state index contributed by atoms with van der Waals surface area (Å²) in [5.41, 5.74) is 2.54. The van der Waals surface area contributed by atoms with Crippen LogP contribution in [0.1, 0.15) is 17.7 Å². The molecule has 2 aromatic rings. The average Bonchev–Trinajstić information content (AvgIpc) is 2.84. The molecule has 0 atom stereocenters. The van der Waals surface area contributed by atoms with Gasteiger partial charge in [0.05, 0.1) is 0 Å². The Hall–Kier alpha value is -1.23. The van der Waals surface area contributed by atoms with Crippen LogP contribution in [0.15, 0.2) is 36.0 Å². The third-order valence-corrected chi connectivity index (χ3v) is 5.71. The van der Waals surface area contributed by atoms with Crippen molar-refractivity contribution in [3.8, 4) is 11.1 Å². The van der Waals surface area contributed by atoms with E-state index in [1.54, 1.807) is 0 Å². The number of hydrogen-bond donors (Lipinski definition) is 0. The van der Waals surface area contributed by atoms with Gasteiger partial charge in [0.1, 0.15) is 0 Å². The maximum atomic E-state index is 4.22. The molecule has 3 nitrogen and oxygen atoms in total. The number of hydrogen-bond acceptors (Lipinski definition) is 4. The first-order valence-corrected chi connectivity index (χ1v) is 8.71. The molecule has 3 saturated heterocycles. The van der Waals surface area contributed by atoms with Crippen LogP contribution in [0, 0.1) is 0 Å². The average molecular weight is 299 g/mol. The van der Waals surface area contributed by atoms with Crippen LogP contribution in [0.2, 0.25) is 0 Å². The van der Waals surface area contributed by atoms with Gasteiger partial charge in [-0.2, -0.15) is 0 Å². The number of rotatable bonds is 3. The van der Waals surface area contributed by atoms with E-state index >= 15 is 0 Å². The van der Waals surface area contributed by atoms with Crippen LogP contribution < -0.4 is 0 Å². The Bertz CT molecular complexity index is 587. The van der Waals surface area contributed by atoms with E-state index in [2.05, 4.69) is 32.3 Å². The van der Waals surface area contributed by atoms with Crippen LogP contribution in [-0.4, -0.2) is 47.0 Å². The molecule has 0 N–H and O–H groups in total. The molecule has 3 aliphatic heterocycles. The summed E-state index contributed by atoms with van der Waals surface area (Å²) in [4.78, 5) is 11.0. The van der Waals surface area contributed by atoms with E-state index in [1.165, 1.54) is 55.0 Å². The van der Waals surface area contributed by atoms with Crippen molar-refractivity contribution in [1.82, 2.24) is 14.8 Å². The van der Waals surface area contributed by atoms with Crippen LogP contribution in [-0.2, 0) is 6.54 Å². The van der Waals surface area contributed by atoms with Crippen molar-refractivity contribution in [1.29, 1.82) is 0 Å². The van der Waals surface area contributed by atoms with Crippen molar-refractivity contribution < 1.29 is 0 Å². The minimum atomic E-state index is 0.799. The molecule has 0 unspecified atom stereocenters. The highest BCUT2D eigenvalue weighted by Crippen LogP contribution is 2.28. The normalized spacial score (nSPS) is 25.9. The highest BCUT2D eigenvalue weighted by atomic mass is 32.1. The van der Waals surface area contributed by atoms with Crippen LogP contribution in [0.25, 0.3) is 11.1 Å². The van der Waals surface area contributed by atoms with Gasteiger partial charge in [-0.3, -0.25) is 9.88 Å². The minimum absolute atomic E-state index is 0.799. The molecule has 2 aromatic heterocycles. The number of pyridine rings is 1. The second-order valence-electron chi connectivity index (χ2n) is 6.09. The summed E-state index contributed by atoms with van der Waals surface area (Å²) < 4.78 is 0. The molecule has 0 spiro atoms. The molecule has 0 radical (unpaired) electrons. The number of fused-ring (bicyclic) bond motifs is 4. The first-order chi connectivity index (χ1) is 10.4. The minimum Gasteiger partial charge on any atom is -0.302 e. The van der Waals surface area contributed by atoms with Gasteiger partial charge in [-0.05, 0) is 49.0 Å². The summed E-state index contributed by atoms with van der Waals surface area (Å²) in [6.45, 7) is 6.19. The largest absolute Gasteiger partial charge is 0.302 e. The molecule has 3 fully saturated rings. The molecule has 2 bridgehead atoms. The first kappa shape index (κ1) is 13.4. The van der Waals surface area contributed by atoms with Crippen molar-refractivity contribution >= 4 is 11.3 Å². The Balaban J connectivity index is 1.49. The summed E-state index contributed by atoms with van der Waals surface area (Å²) in [7, 11) is 0. The van der Waals surface area contributed by atoms with Crippen LogP contribution in [0.4, 0.5) is 0 Å². The maximum absolute atomic E-state index is 4.22. The zero-order chi connectivity index (χ0) is 14.1. The van der Waals surface area contributed by atoms with Gasteiger partial charge in [0.2, 0.25) is 0 Å². The second-order valence-corrected chi connectivity index (χ2v) is 7.08. The van der Waals surface area contributed by atoms with Gasteiger partial charge < -0.3 is 4.90 Å². The van der Waals surface area contributed by atoms with E-state index in [9.17, 15) is 0 Å². The standard InChI is InChI=1S/C17H21N3S/c1-2-14(11-18-5-1)15-10-17(21-13-15)12-20-9-8-19-6-3-16(20)4-7-19/h1-2,5,10-11,13,16H,3-4,6-9,12H2. The number of nitrogens with zero attached hydrogens (tertiary/aromatic N) is 3. The zero-order valence-electron chi connectivity index (χ0n) is 12.2. The molecule has 0 aromatic carbocycles. The number of aromatic nitrogens is 1. The van der Waals surface area contributed by atoms with Gasteiger partial charge in [0, 0.05) is 48.5 Å². The first-order valence-electron chi connectivity index (χ1n) is 7.83. The van der Waals surface area contributed by atoms with Gasteiger partial charge in [0.15, 0.2) is 0 Å². The fourth-order valence-electron chi connectivity index (χ4n) is 3.52. The predicted molar refractivity (Wildman–Crippen MR) is 87.4 cm³/mol. The van der Waals surface area contributed by atoms with Gasteiger partial charge in [-0.15, -0.1) is 11.3 Å². The fourth-order valence-corrected chi connectivity index (χ4v) is 4.44. The van der Waals surface area contributed by atoms with E-state index in [1.807, 2.05) is 29.8 Å². The smallest absolute Gasteiger partial charge is 0.0346 e. The molecule has 110 valence electrons. The monoisotopic (exact) mass is 299 g/mol. The second kappa shape index (κ2) is 5.87. The molecule has 3 aliphatic rings. The van der Waals surface area contributed by atoms with Gasteiger partial charge >= 0.3 is 0 Å². The lowest BCUT2D eigenvalue weighted by atomic mass is 10.1. The predicted octanol–water partition coefficient (Wildman–Crippen LogP) is 3.09. The van der Waals surface area contributed by atoms with E-state index in [4.69, 9.17) is 0 Å². The topological polar surface area (TPSA) is 19.4 Å². The van der Waals surface area contributed by atoms with Crippen LogP contribution >= 0.6 is 11.3 Å². The van der Waals surface area contributed by atoms with Gasteiger partial charge in [-0.1, -0.05) is 6.07 Å². The van der Waals surface area contributed by atoms with Crippen molar-refractivity contribution in [3.05, 3.63) is 40.8 Å². The number of thiophene rings is 1. The van der Waals surface area contributed by atoms with Gasteiger partial charge in [-0.25, -0.2) is 0 Å². The maximum Gasteiger partial charge on any atom is 0.0346 e. The van der Waals surface area contributed by atoms with E-state index < -0.39 is 0 Å². The van der Waals surface area contributed by atoms with Crippen molar-refractivity contribution in [2.45, 2.75) is 25.4 Å². The molecular weight excluding hydrogens is 278 g/mol. The lowest BCUT2D eigenvalue weighted by Crippen LogP contribution is -2.37. The molecular formula is C17H21N3S. The lowest BCUT2D eigenvalue weighted by molar-refractivity contribution is 0.178. The molecule has 5 heterocycles. The third-order valence-electron chi connectivity index (χ3n) is 4.78. The van der Waals surface area contributed by atoms with Crippen molar-refractivity contribution in [2.24, 2.45) is 0 Å². The Morgan fingerprint density at radius 1 is 1.14 bits per heavy atom. The number of piperidine rings is 1. The Morgan fingerprint density at radius 2 is 2.05 bits per heavy atom. The summed E-state index contributed by atoms with van der Waals surface area (Å²) in [6.07, 6.45) is 6.48. The van der Waals surface area contributed by atoms with E-state index in [0.29, 0.717) is 0 Å². The van der Waals surface area contributed by atoms with E-state index in [0.717, 1.165) is 12.6 Å². The molecule has 0 aliphatic carbocycles. The molecule has 4 heteroatoms. The zero-order valence-corrected chi connectivity index (χ0v) is 13.1. The van der Waals surface area contributed by atoms with Crippen molar-refractivity contribution in [2.75, 3.05) is 26.2 Å². The highest BCUT2D eigenvalue weighted by molar-refractivity contribution is 7.10. The van der Waals surface area contributed by atoms with Crippen LogP contribution in [0.5, 0.6) is 0 Å². The fraction of sp³-hybridized carbons (Fsp3) is 0.471. The summed E-state index contributed by atoms with van der Waals surface area (Å²) in [5.74, 6) is 0. The molecule has 5 rings (SSSR count). The summed E-state index contributed by atoms with van der Waals surface area (Å²) >= 11 is 1.89. The Morgan fingerprint density at radius 3 is 2.86 bits per heavy atom. The molecule has 21 heavy (non-hydrogen) atoms. The summed E-state index contributed by atoms with van der Waals surface area (Å²) in [6, 6.07) is 7.29. The SMILES string of the molecule is c1cncc(-c2csc(CN3CCN4CCC3CC4)c2)c1. The van der Waals surface area contributed by atoms with E-state index in [-0.39, 0.29) is 0 Å². The highest BCUT2D eigenvalue weighted by Gasteiger charge is 2.28. The van der Waals surface area contributed by atoms with Crippen molar-refractivity contribution in [3.63, 3.8) is 0 Å². The Labute approximate surface area is 130 Å². The lowest BCUT2D eigenvalue weighted by Gasteiger charge is -2.31.